The second kappa shape index (κ2) is 13.6. The fourth-order valence-corrected chi connectivity index (χ4v) is 6.98. The van der Waals surface area contributed by atoms with E-state index in [2.05, 4.69) is 27.0 Å². The van der Waals surface area contributed by atoms with Crippen molar-refractivity contribution >= 4 is 23.9 Å². The third-order valence-electron chi connectivity index (χ3n) is 9.65. The Morgan fingerprint density at radius 3 is 2.31 bits per heavy atom. The van der Waals surface area contributed by atoms with Gasteiger partial charge in [-0.25, -0.2) is 0 Å². The lowest BCUT2D eigenvalue weighted by Gasteiger charge is -2.61. The Bertz CT molecular complexity index is 1110. The molecule has 2 aliphatic carbocycles. The van der Waals surface area contributed by atoms with Crippen molar-refractivity contribution in [3.8, 4) is 0 Å². The molecule has 0 aromatic heterocycles. The normalized spacial score (nSPS) is 34.1. The lowest BCUT2D eigenvalue weighted by Crippen LogP contribution is -2.64. The third-order valence-corrected chi connectivity index (χ3v) is 9.65. The molecule has 1 unspecified atom stereocenters. The van der Waals surface area contributed by atoms with Crippen LogP contribution in [0.2, 0.25) is 0 Å². The van der Waals surface area contributed by atoms with E-state index in [0.717, 1.165) is 5.57 Å². The monoisotopic (exact) mass is 588 g/mol. The molecule has 0 bridgehead atoms. The predicted octanol–water partition coefficient (Wildman–Crippen LogP) is 5.97. The van der Waals surface area contributed by atoms with Gasteiger partial charge in [0, 0.05) is 25.8 Å². The maximum absolute atomic E-state index is 13.0. The van der Waals surface area contributed by atoms with Crippen molar-refractivity contribution in [1.82, 2.24) is 0 Å². The van der Waals surface area contributed by atoms with Crippen LogP contribution in [0.5, 0.6) is 0 Å². The van der Waals surface area contributed by atoms with Crippen LogP contribution < -0.4 is 0 Å². The van der Waals surface area contributed by atoms with Gasteiger partial charge in [-0.1, -0.05) is 59.4 Å². The summed E-state index contributed by atoms with van der Waals surface area (Å²) in [6.45, 7) is 20.5. The van der Waals surface area contributed by atoms with Gasteiger partial charge in [0.05, 0.1) is 5.92 Å². The Kier molecular flexibility index (Phi) is 10.8. The van der Waals surface area contributed by atoms with E-state index >= 15 is 0 Å². The molecule has 0 N–H and O–H groups in total. The average molecular weight is 589 g/mol. The zero-order valence-corrected chi connectivity index (χ0v) is 26.2. The fraction of sp³-hybridized carbons (Fsp3) is 0.697. The highest BCUT2D eigenvalue weighted by atomic mass is 16.8. The molecule has 0 amide bonds. The zero-order valence-electron chi connectivity index (χ0n) is 26.2. The summed E-state index contributed by atoms with van der Waals surface area (Å²) in [5.41, 5.74) is -0.229. The van der Waals surface area contributed by atoms with Gasteiger partial charge in [-0.3, -0.25) is 23.9 Å². The molecule has 2 fully saturated rings. The Labute approximate surface area is 250 Å². The first-order valence-corrected chi connectivity index (χ1v) is 15.2. The van der Waals surface area contributed by atoms with Crippen molar-refractivity contribution in [3.05, 3.63) is 36.5 Å². The minimum absolute atomic E-state index is 0.0428. The molecule has 0 aromatic carbocycles. The molecular formula is C33H48O9. The van der Waals surface area contributed by atoms with Gasteiger partial charge in [-0.05, 0) is 61.9 Å². The minimum atomic E-state index is -1.22. The van der Waals surface area contributed by atoms with Crippen LogP contribution >= 0.6 is 0 Å². The summed E-state index contributed by atoms with van der Waals surface area (Å²) in [6.07, 6.45) is 3.35. The number of allylic oxidation sites excluding steroid dienone is 2. The van der Waals surface area contributed by atoms with Crippen LogP contribution in [-0.4, -0.2) is 48.7 Å². The van der Waals surface area contributed by atoms with E-state index in [1.807, 2.05) is 20.8 Å². The van der Waals surface area contributed by atoms with Crippen LogP contribution in [-0.2, 0) is 42.9 Å². The van der Waals surface area contributed by atoms with E-state index < -0.39 is 47.6 Å². The smallest absolute Gasteiger partial charge is 0.309 e. The maximum atomic E-state index is 13.0. The van der Waals surface area contributed by atoms with Crippen molar-refractivity contribution in [1.29, 1.82) is 0 Å². The zero-order chi connectivity index (χ0) is 31.4. The van der Waals surface area contributed by atoms with Gasteiger partial charge in [0.25, 0.3) is 0 Å². The third kappa shape index (κ3) is 6.51. The Morgan fingerprint density at radius 1 is 1.07 bits per heavy atom. The summed E-state index contributed by atoms with van der Waals surface area (Å²) < 4.78 is 30.0. The summed E-state index contributed by atoms with van der Waals surface area (Å²) in [5, 5.41) is 0. The molecular weight excluding hydrogens is 540 g/mol. The van der Waals surface area contributed by atoms with Gasteiger partial charge in [0.1, 0.15) is 17.6 Å². The van der Waals surface area contributed by atoms with Gasteiger partial charge < -0.3 is 18.9 Å². The van der Waals surface area contributed by atoms with Crippen LogP contribution in [0.25, 0.3) is 0 Å². The lowest BCUT2D eigenvalue weighted by atomic mass is 9.45. The molecule has 3 aliphatic rings. The molecule has 3 rings (SSSR count). The van der Waals surface area contributed by atoms with Gasteiger partial charge >= 0.3 is 23.9 Å². The number of carbonyl (C=O) groups excluding carboxylic acids is 4. The summed E-state index contributed by atoms with van der Waals surface area (Å²) in [5.74, 6) is -2.49. The number of rotatable bonds is 12. The van der Waals surface area contributed by atoms with Crippen LogP contribution in [0.3, 0.4) is 0 Å². The van der Waals surface area contributed by atoms with Gasteiger partial charge in [-0.2, -0.15) is 0 Å². The van der Waals surface area contributed by atoms with E-state index in [1.165, 1.54) is 13.8 Å². The second-order valence-corrected chi connectivity index (χ2v) is 12.4. The van der Waals surface area contributed by atoms with Crippen LogP contribution in [0, 0.1) is 28.6 Å². The number of hydrogen-bond donors (Lipinski definition) is 0. The highest BCUT2D eigenvalue weighted by Crippen LogP contribution is 2.68. The SMILES string of the molecule is C=CC(=C)CC[C@]1(C)[C@H]2C[C@H](OC(=O)C(C)CC)C=C3[C@H](OC(C)=O)O[C@H](OC(C)=O)[C@@]32[C@H](OC(=O)CCC)C[C@@H]1C. The number of esters is 4. The topological polar surface area (TPSA) is 114 Å². The second-order valence-electron chi connectivity index (χ2n) is 12.4. The fourth-order valence-electron chi connectivity index (χ4n) is 6.98. The number of ether oxygens (including phenoxy) is 5. The highest BCUT2D eigenvalue weighted by Gasteiger charge is 2.72. The van der Waals surface area contributed by atoms with Crippen molar-refractivity contribution in [2.24, 2.45) is 28.6 Å². The van der Waals surface area contributed by atoms with E-state index in [-0.39, 0.29) is 36.1 Å². The first-order valence-electron chi connectivity index (χ1n) is 15.2. The first kappa shape index (κ1) is 33.6. The first-order chi connectivity index (χ1) is 19.7. The van der Waals surface area contributed by atoms with Crippen LogP contribution in [0.4, 0.5) is 0 Å². The molecule has 9 atom stereocenters. The van der Waals surface area contributed by atoms with Gasteiger partial charge in [0.15, 0.2) is 0 Å². The van der Waals surface area contributed by atoms with E-state index in [1.54, 1.807) is 12.2 Å². The molecule has 1 spiro atoms. The van der Waals surface area contributed by atoms with Gasteiger partial charge in [0.2, 0.25) is 12.6 Å². The molecule has 42 heavy (non-hydrogen) atoms. The summed E-state index contributed by atoms with van der Waals surface area (Å²) in [4.78, 5) is 50.8. The summed E-state index contributed by atoms with van der Waals surface area (Å²) in [7, 11) is 0. The van der Waals surface area contributed by atoms with Crippen molar-refractivity contribution < 1.29 is 42.9 Å². The average Bonchev–Trinajstić information content (AvgIpc) is 3.21. The molecule has 1 saturated heterocycles. The van der Waals surface area contributed by atoms with E-state index in [0.29, 0.717) is 44.1 Å². The largest absolute Gasteiger partial charge is 0.461 e. The lowest BCUT2D eigenvalue weighted by molar-refractivity contribution is -0.258. The van der Waals surface area contributed by atoms with Gasteiger partial charge in [-0.15, -0.1) is 0 Å². The minimum Gasteiger partial charge on any atom is -0.461 e. The maximum Gasteiger partial charge on any atom is 0.309 e. The quantitative estimate of drug-likeness (QED) is 0.118. The van der Waals surface area contributed by atoms with Crippen molar-refractivity contribution in [2.75, 3.05) is 0 Å². The van der Waals surface area contributed by atoms with Crippen molar-refractivity contribution in [3.63, 3.8) is 0 Å². The Hall–Kier alpha value is -2.94. The number of hydrogen-bond acceptors (Lipinski definition) is 9. The molecule has 1 saturated carbocycles. The van der Waals surface area contributed by atoms with Crippen molar-refractivity contribution in [2.45, 2.75) is 118 Å². The summed E-state index contributed by atoms with van der Waals surface area (Å²) >= 11 is 0. The predicted molar refractivity (Wildman–Crippen MR) is 155 cm³/mol. The molecule has 9 heteroatoms. The van der Waals surface area contributed by atoms with E-state index in [4.69, 9.17) is 23.7 Å². The molecule has 0 aromatic rings. The molecule has 1 aliphatic heterocycles. The van der Waals surface area contributed by atoms with E-state index in [9.17, 15) is 19.2 Å². The highest BCUT2D eigenvalue weighted by molar-refractivity contribution is 5.72. The Morgan fingerprint density at radius 2 is 1.74 bits per heavy atom. The van der Waals surface area contributed by atoms with Crippen LogP contribution in [0.1, 0.15) is 93.4 Å². The molecule has 0 radical (unpaired) electrons. The Balaban J connectivity index is 2.28. The summed E-state index contributed by atoms with van der Waals surface area (Å²) in [6, 6.07) is 0. The van der Waals surface area contributed by atoms with Crippen LogP contribution in [0.15, 0.2) is 36.5 Å². The molecule has 1 heterocycles. The molecule has 234 valence electrons. The molecule has 9 nitrogen and oxygen atoms in total. The standard InChI is InChI=1S/C33H48O9/c1-10-13-28(36)41-27-16-21(6)32(9,15-14-19(4)11-2)26-18-24(40-29(37)20(5)12-3)17-25-30(38-22(7)34)42-31(33(25,26)27)39-23(8)35/h11,17,20-21,24,26-27,30-31H,2,4,10,12-16,18H2,1,3,5-9H3/t20?,21-,24+,26+,27+,30+,31-,32-,33-/m0/s1. The number of carbonyl (C=O) groups is 4.